The molecule has 2 rings (SSSR count). The van der Waals surface area contributed by atoms with Gasteiger partial charge in [-0.3, -0.25) is 10.1 Å². The first-order chi connectivity index (χ1) is 9.49. The second-order valence-corrected chi connectivity index (χ2v) is 5.38. The minimum atomic E-state index is -0.609. The molecule has 4 nitrogen and oxygen atoms in total. The third-order valence-corrected chi connectivity index (χ3v) is 3.88. The number of hydrogen-bond donors (Lipinski definition) is 1. The Balaban J connectivity index is 2.04. The smallest absolute Gasteiger partial charge is 0.305 e. The van der Waals surface area contributed by atoms with E-state index in [2.05, 4.69) is 5.32 Å². The Labute approximate surface area is 118 Å². The van der Waals surface area contributed by atoms with Crippen molar-refractivity contribution >= 4 is 16.3 Å². The molecule has 0 saturated heterocycles. The molecule has 0 radical (unpaired) electrons. The SMILES string of the molecule is CC(NCc1ccc([N+](=O)[O-])s1)c1c(F)cccc1F. The van der Waals surface area contributed by atoms with E-state index < -0.39 is 22.6 Å². The van der Waals surface area contributed by atoms with Crippen LogP contribution < -0.4 is 5.32 Å². The predicted molar refractivity (Wildman–Crippen MR) is 72.6 cm³/mol. The van der Waals surface area contributed by atoms with Gasteiger partial charge in [0.15, 0.2) is 0 Å². The molecule has 1 heterocycles. The third kappa shape index (κ3) is 3.17. The Morgan fingerprint density at radius 3 is 2.50 bits per heavy atom. The van der Waals surface area contributed by atoms with Crippen molar-refractivity contribution in [2.75, 3.05) is 0 Å². The first kappa shape index (κ1) is 14.5. The van der Waals surface area contributed by atoms with E-state index in [9.17, 15) is 18.9 Å². The molecule has 106 valence electrons. The van der Waals surface area contributed by atoms with Gasteiger partial charge in [-0.1, -0.05) is 17.4 Å². The van der Waals surface area contributed by atoms with E-state index in [0.29, 0.717) is 6.54 Å². The van der Waals surface area contributed by atoms with Gasteiger partial charge in [0.25, 0.3) is 0 Å². The van der Waals surface area contributed by atoms with Crippen LogP contribution in [0.15, 0.2) is 30.3 Å². The van der Waals surface area contributed by atoms with Crippen LogP contribution in [0, 0.1) is 21.7 Å². The molecule has 0 bridgehead atoms. The van der Waals surface area contributed by atoms with Crippen molar-refractivity contribution < 1.29 is 13.7 Å². The van der Waals surface area contributed by atoms with Crippen LogP contribution in [0.3, 0.4) is 0 Å². The first-order valence-electron chi connectivity index (χ1n) is 5.89. The molecular formula is C13H12F2N2O2S. The minimum absolute atomic E-state index is 0.0291. The molecule has 1 N–H and O–H groups in total. The molecule has 20 heavy (non-hydrogen) atoms. The number of nitrogens with zero attached hydrogens (tertiary/aromatic N) is 1. The largest absolute Gasteiger partial charge is 0.324 e. The number of nitrogens with one attached hydrogen (secondary N) is 1. The van der Waals surface area contributed by atoms with Crippen LogP contribution in [0.4, 0.5) is 13.8 Å². The molecule has 1 unspecified atom stereocenters. The number of hydrogen-bond acceptors (Lipinski definition) is 4. The van der Waals surface area contributed by atoms with Gasteiger partial charge in [0, 0.05) is 29.1 Å². The van der Waals surface area contributed by atoms with Gasteiger partial charge in [0.1, 0.15) is 11.6 Å². The summed E-state index contributed by atoms with van der Waals surface area (Å²) in [6, 6.07) is 6.22. The van der Waals surface area contributed by atoms with E-state index in [1.54, 1.807) is 13.0 Å². The Hall–Kier alpha value is -1.86. The highest BCUT2D eigenvalue weighted by molar-refractivity contribution is 7.15. The lowest BCUT2D eigenvalue weighted by Crippen LogP contribution is -2.19. The van der Waals surface area contributed by atoms with Crippen molar-refractivity contribution in [1.29, 1.82) is 0 Å². The maximum Gasteiger partial charge on any atom is 0.324 e. The van der Waals surface area contributed by atoms with Crippen LogP contribution in [0.2, 0.25) is 0 Å². The second kappa shape index (κ2) is 6.06. The summed E-state index contributed by atoms with van der Waals surface area (Å²) in [7, 11) is 0. The van der Waals surface area contributed by atoms with Crippen LogP contribution in [0.5, 0.6) is 0 Å². The fourth-order valence-electron chi connectivity index (χ4n) is 1.84. The van der Waals surface area contributed by atoms with Crippen LogP contribution >= 0.6 is 11.3 Å². The van der Waals surface area contributed by atoms with E-state index in [1.165, 1.54) is 24.3 Å². The van der Waals surface area contributed by atoms with Gasteiger partial charge >= 0.3 is 5.00 Å². The van der Waals surface area contributed by atoms with Gasteiger partial charge in [0.05, 0.1) is 4.92 Å². The normalized spacial score (nSPS) is 12.3. The minimum Gasteiger partial charge on any atom is -0.305 e. The standard InChI is InChI=1S/C13H12F2N2O2S/c1-8(13-10(14)3-2-4-11(13)15)16-7-9-5-6-12(20-9)17(18)19/h2-6,8,16H,7H2,1H3. The zero-order chi connectivity index (χ0) is 14.7. The van der Waals surface area contributed by atoms with Crippen molar-refractivity contribution in [2.45, 2.75) is 19.5 Å². The molecule has 0 spiro atoms. The van der Waals surface area contributed by atoms with Gasteiger partial charge in [-0.2, -0.15) is 0 Å². The molecular weight excluding hydrogens is 286 g/mol. The molecule has 2 aromatic rings. The summed E-state index contributed by atoms with van der Waals surface area (Å²) in [5.41, 5.74) is -0.0291. The quantitative estimate of drug-likeness (QED) is 0.675. The van der Waals surface area contributed by atoms with Gasteiger partial charge in [-0.15, -0.1) is 0 Å². The highest BCUT2D eigenvalue weighted by atomic mass is 32.1. The van der Waals surface area contributed by atoms with Crippen molar-refractivity contribution in [3.05, 3.63) is 62.5 Å². The fraction of sp³-hybridized carbons (Fsp3) is 0.231. The Morgan fingerprint density at radius 1 is 1.30 bits per heavy atom. The summed E-state index contributed by atoms with van der Waals surface area (Å²) >= 11 is 1.04. The molecule has 0 aliphatic carbocycles. The molecule has 0 fully saturated rings. The van der Waals surface area contributed by atoms with E-state index in [4.69, 9.17) is 0 Å². The predicted octanol–water partition coefficient (Wildman–Crippen LogP) is 3.79. The maximum absolute atomic E-state index is 13.6. The van der Waals surface area contributed by atoms with E-state index >= 15 is 0 Å². The molecule has 7 heteroatoms. The first-order valence-corrected chi connectivity index (χ1v) is 6.71. The summed E-state index contributed by atoms with van der Waals surface area (Å²) in [6.07, 6.45) is 0. The zero-order valence-corrected chi connectivity index (χ0v) is 11.4. The molecule has 0 amide bonds. The second-order valence-electron chi connectivity index (χ2n) is 4.23. The molecule has 0 aliphatic rings. The lowest BCUT2D eigenvalue weighted by atomic mass is 10.1. The Kier molecular flexibility index (Phi) is 4.41. The summed E-state index contributed by atoms with van der Waals surface area (Å²) in [6.45, 7) is 1.96. The van der Waals surface area contributed by atoms with Crippen molar-refractivity contribution in [2.24, 2.45) is 0 Å². The summed E-state index contributed by atoms with van der Waals surface area (Å²) in [4.78, 5) is 10.8. The number of halogens is 2. The Morgan fingerprint density at radius 2 is 1.95 bits per heavy atom. The summed E-state index contributed by atoms with van der Waals surface area (Å²) in [5.74, 6) is -1.22. The van der Waals surface area contributed by atoms with Crippen molar-refractivity contribution in [3.8, 4) is 0 Å². The van der Waals surface area contributed by atoms with Crippen LogP contribution in [0.25, 0.3) is 0 Å². The molecule has 1 atom stereocenters. The van der Waals surface area contributed by atoms with Crippen molar-refractivity contribution in [3.63, 3.8) is 0 Å². The number of benzene rings is 1. The van der Waals surface area contributed by atoms with E-state index in [-0.39, 0.29) is 10.6 Å². The number of nitro groups is 1. The lowest BCUT2D eigenvalue weighted by Gasteiger charge is -2.15. The van der Waals surface area contributed by atoms with Gasteiger partial charge in [-0.25, -0.2) is 8.78 Å². The highest BCUT2D eigenvalue weighted by Crippen LogP contribution is 2.25. The van der Waals surface area contributed by atoms with Gasteiger partial charge in [-0.05, 0) is 25.1 Å². The molecule has 1 aromatic heterocycles. The Bertz CT molecular complexity index is 610. The lowest BCUT2D eigenvalue weighted by molar-refractivity contribution is -0.380. The zero-order valence-electron chi connectivity index (χ0n) is 10.6. The maximum atomic E-state index is 13.6. The molecule has 1 aromatic carbocycles. The highest BCUT2D eigenvalue weighted by Gasteiger charge is 2.16. The van der Waals surface area contributed by atoms with Crippen LogP contribution in [-0.4, -0.2) is 4.92 Å². The average Bonchev–Trinajstić information content (AvgIpc) is 2.85. The third-order valence-electron chi connectivity index (χ3n) is 2.84. The topological polar surface area (TPSA) is 55.2 Å². The number of rotatable bonds is 5. The van der Waals surface area contributed by atoms with Crippen molar-refractivity contribution in [1.82, 2.24) is 5.32 Å². The van der Waals surface area contributed by atoms with Gasteiger partial charge < -0.3 is 5.32 Å². The average molecular weight is 298 g/mol. The number of thiophene rings is 1. The monoisotopic (exact) mass is 298 g/mol. The fourth-order valence-corrected chi connectivity index (χ4v) is 2.61. The molecule has 0 saturated carbocycles. The van der Waals surface area contributed by atoms with Crippen LogP contribution in [-0.2, 0) is 6.54 Å². The summed E-state index contributed by atoms with van der Waals surface area (Å²) in [5, 5.41) is 13.6. The molecule has 0 aliphatic heterocycles. The van der Waals surface area contributed by atoms with E-state index in [1.807, 2.05) is 0 Å². The summed E-state index contributed by atoms with van der Waals surface area (Å²) < 4.78 is 27.1. The van der Waals surface area contributed by atoms with E-state index in [0.717, 1.165) is 16.2 Å². The van der Waals surface area contributed by atoms with Crippen LogP contribution in [0.1, 0.15) is 23.4 Å². The van der Waals surface area contributed by atoms with Gasteiger partial charge in [0.2, 0.25) is 0 Å².